The van der Waals surface area contributed by atoms with Crippen LogP contribution in [0, 0.1) is 12.7 Å². The Kier molecular flexibility index (Phi) is 2.37. The van der Waals surface area contributed by atoms with E-state index in [-0.39, 0.29) is 5.82 Å². The molecule has 0 saturated heterocycles. The van der Waals surface area contributed by atoms with E-state index in [9.17, 15) is 4.39 Å². The van der Waals surface area contributed by atoms with Crippen LogP contribution < -0.4 is 5.73 Å². The first-order chi connectivity index (χ1) is 7.18. The summed E-state index contributed by atoms with van der Waals surface area (Å²) in [5.74, 6) is 0.223. The quantitative estimate of drug-likeness (QED) is 0.772. The van der Waals surface area contributed by atoms with Gasteiger partial charge in [0.15, 0.2) is 0 Å². The Bertz CT molecular complexity index is 457. The number of nitrogen functional groups attached to an aromatic ring is 1. The van der Waals surface area contributed by atoms with Gasteiger partial charge in [-0.25, -0.2) is 9.37 Å². The zero-order chi connectivity index (χ0) is 10.8. The van der Waals surface area contributed by atoms with Crippen LogP contribution >= 0.6 is 0 Å². The van der Waals surface area contributed by atoms with Crippen molar-refractivity contribution in [3.05, 3.63) is 47.9 Å². The van der Waals surface area contributed by atoms with Crippen LogP contribution in [0.15, 0.2) is 36.5 Å². The van der Waals surface area contributed by atoms with Gasteiger partial charge in [-0.15, -0.1) is 0 Å². The topological polar surface area (TPSA) is 38.9 Å². The molecule has 0 bridgehead atoms. The summed E-state index contributed by atoms with van der Waals surface area (Å²) in [6.07, 6.45) is 1.66. The molecule has 0 fully saturated rings. The maximum atomic E-state index is 12.8. The fraction of sp³-hybridized carbons (Fsp3) is 0.0833. The second-order valence-corrected chi connectivity index (χ2v) is 3.39. The van der Waals surface area contributed by atoms with Gasteiger partial charge in [0, 0.05) is 11.8 Å². The van der Waals surface area contributed by atoms with Crippen molar-refractivity contribution >= 4 is 5.82 Å². The SMILES string of the molecule is Cc1ccnc(N)c1-c1ccc(F)cc1. The molecule has 0 unspecified atom stereocenters. The minimum absolute atomic E-state index is 0.251. The third-order valence-corrected chi connectivity index (χ3v) is 2.32. The molecule has 15 heavy (non-hydrogen) atoms. The molecular formula is C12H11FN2. The first-order valence-corrected chi connectivity index (χ1v) is 4.65. The molecule has 0 aliphatic carbocycles. The molecule has 2 aromatic rings. The lowest BCUT2D eigenvalue weighted by Crippen LogP contribution is -1.96. The Labute approximate surface area is 87.6 Å². The van der Waals surface area contributed by atoms with E-state index in [1.165, 1.54) is 12.1 Å². The highest BCUT2D eigenvalue weighted by Gasteiger charge is 2.06. The van der Waals surface area contributed by atoms with Crippen molar-refractivity contribution in [2.75, 3.05) is 5.73 Å². The van der Waals surface area contributed by atoms with Gasteiger partial charge in [-0.3, -0.25) is 0 Å². The predicted octanol–water partition coefficient (Wildman–Crippen LogP) is 2.78. The van der Waals surface area contributed by atoms with Crippen molar-refractivity contribution in [1.29, 1.82) is 0 Å². The van der Waals surface area contributed by atoms with Crippen molar-refractivity contribution in [1.82, 2.24) is 4.98 Å². The summed E-state index contributed by atoms with van der Waals surface area (Å²) >= 11 is 0. The van der Waals surface area contributed by atoms with Crippen LogP contribution in [-0.2, 0) is 0 Å². The fourth-order valence-corrected chi connectivity index (χ4v) is 1.57. The van der Waals surface area contributed by atoms with Crippen LogP contribution in [0.25, 0.3) is 11.1 Å². The number of rotatable bonds is 1. The van der Waals surface area contributed by atoms with Gasteiger partial charge in [-0.1, -0.05) is 12.1 Å². The van der Waals surface area contributed by atoms with E-state index >= 15 is 0 Å². The van der Waals surface area contributed by atoms with Gasteiger partial charge >= 0.3 is 0 Å². The maximum absolute atomic E-state index is 12.8. The van der Waals surface area contributed by atoms with Crippen molar-refractivity contribution in [3.8, 4) is 11.1 Å². The number of halogens is 1. The molecule has 2 N–H and O–H groups in total. The number of benzene rings is 1. The highest BCUT2D eigenvalue weighted by Crippen LogP contribution is 2.27. The van der Waals surface area contributed by atoms with Gasteiger partial charge in [-0.05, 0) is 36.2 Å². The second-order valence-electron chi connectivity index (χ2n) is 3.39. The van der Waals surface area contributed by atoms with Crippen molar-refractivity contribution in [3.63, 3.8) is 0 Å². The van der Waals surface area contributed by atoms with Crippen LogP contribution in [0.5, 0.6) is 0 Å². The highest BCUT2D eigenvalue weighted by atomic mass is 19.1. The minimum atomic E-state index is -0.251. The number of anilines is 1. The molecule has 0 radical (unpaired) electrons. The van der Waals surface area contributed by atoms with Crippen molar-refractivity contribution in [2.24, 2.45) is 0 Å². The van der Waals surface area contributed by atoms with Gasteiger partial charge in [0.25, 0.3) is 0 Å². The predicted molar refractivity (Wildman–Crippen MR) is 58.8 cm³/mol. The number of aryl methyl sites for hydroxylation is 1. The van der Waals surface area contributed by atoms with E-state index in [1.807, 2.05) is 13.0 Å². The first-order valence-electron chi connectivity index (χ1n) is 4.65. The maximum Gasteiger partial charge on any atom is 0.131 e. The van der Waals surface area contributed by atoms with Crippen molar-refractivity contribution < 1.29 is 4.39 Å². The molecule has 1 aromatic heterocycles. The molecule has 1 heterocycles. The van der Waals surface area contributed by atoms with Crippen LogP contribution in [0.2, 0.25) is 0 Å². The van der Waals surface area contributed by atoms with E-state index in [2.05, 4.69) is 4.98 Å². The summed E-state index contributed by atoms with van der Waals surface area (Å²) in [7, 11) is 0. The lowest BCUT2D eigenvalue weighted by molar-refractivity contribution is 0.628. The Morgan fingerprint density at radius 1 is 1.13 bits per heavy atom. The molecule has 3 heteroatoms. The molecule has 2 nitrogen and oxygen atoms in total. The number of aromatic nitrogens is 1. The van der Waals surface area contributed by atoms with E-state index < -0.39 is 0 Å². The summed E-state index contributed by atoms with van der Waals surface area (Å²) in [5, 5.41) is 0. The number of hydrogen-bond acceptors (Lipinski definition) is 2. The van der Waals surface area contributed by atoms with E-state index in [4.69, 9.17) is 5.73 Å². The molecule has 0 saturated carbocycles. The average molecular weight is 202 g/mol. The summed E-state index contributed by atoms with van der Waals surface area (Å²) < 4.78 is 12.8. The molecule has 0 spiro atoms. The Hall–Kier alpha value is -1.90. The molecule has 2 rings (SSSR count). The van der Waals surface area contributed by atoms with Gasteiger partial charge in [0.05, 0.1) is 0 Å². The number of nitrogens with two attached hydrogens (primary N) is 1. The van der Waals surface area contributed by atoms with Crippen LogP contribution in [-0.4, -0.2) is 4.98 Å². The molecule has 0 amide bonds. The largest absolute Gasteiger partial charge is 0.383 e. The first kappa shape index (κ1) is 9.65. The summed E-state index contributed by atoms with van der Waals surface area (Å²) in [6.45, 7) is 1.96. The normalized spacial score (nSPS) is 10.3. The Balaban J connectivity index is 2.58. The van der Waals surface area contributed by atoms with Crippen LogP contribution in [0.3, 0.4) is 0 Å². The van der Waals surface area contributed by atoms with E-state index in [1.54, 1.807) is 18.3 Å². The smallest absolute Gasteiger partial charge is 0.131 e. The Morgan fingerprint density at radius 3 is 2.40 bits per heavy atom. The highest BCUT2D eigenvalue weighted by molar-refractivity contribution is 5.76. The number of pyridine rings is 1. The standard InChI is InChI=1S/C12H11FN2/c1-8-6-7-15-12(14)11(8)9-2-4-10(13)5-3-9/h2-7H,1H3,(H2,14,15). The molecule has 0 aliphatic heterocycles. The second kappa shape index (κ2) is 3.69. The molecule has 0 atom stereocenters. The summed E-state index contributed by atoms with van der Waals surface area (Å²) in [6, 6.07) is 8.13. The fourth-order valence-electron chi connectivity index (χ4n) is 1.57. The van der Waals surface area contributed by atoms with Crippen molar-refractivity contribution in [2.45, 2.75) is 6.92 Å². The zero-order valence-corrected chi connectivity index (χ0v) is 8.37. The van der Waals surface area contributed by atoms with Gasteiger partial charge in [0.1, 0.15) is 11.6 Å². The molecule has 1 aromatic carbocycles. The third-order valence-electron chi connectivity index (χ3n) is 2.32. The lowest BCUT2D eigenvalue weighted by atomic mass is 10.0. The minimum Gasteiger partial charge on any atom is -0.383 e. The van der Waals surface area contributed by atoms with Crippen LogP contribution in [0.1, 0.15) is 5.56 Å². The molecule has 0 aliphatic rings. The Morgan fingerprint density at radius 2 is 1.80 bits per heavy atom. The summed E-state index contributed by atoms with van der Waals surface area (Å²) in [5.41, 5.74) is 8.58. The summed E-state index contributed by atoms with van der Waals surface area (Å²) in [4.78, 5) is 4.02. The molecule has 76 valence electrons. The lowest BCUT2D eigenvalue weighted by Gasteiger charge is -2.08. The monoisotopic (exact) mass is 202 g/mol. The van der Waals surface area contributed by atoms with E-state index in [0.717, 1.165) is 16.7 Å². The van der Waals surface area contributed by atoms with E-state index in [0.29, 0.717) is 5.82 Å². The van der Waals surface area contributed by atoms with Gasteiger partial charge in [-0.2, -0.15) is 0 Å². The zero-order valence-electron chi connectivity index (χ0n) is 8.37. The van der Waals surface area contributed by atoms with Gasteiger partial charge in [0.2, 0.25) is 0 Å². The number of nitrogens with zero attached hydrogens (tertiary/aromatic N) is 1. The molecular weight excluding hydrogens is 191 g/mol. The third kappa shape index (κ3) is 1.81. The van der Waals surface area contributed by atoms with Gasteiger partial charge < -0.3 is 5.73 Å². The average Bonchev–Trinajstić information content (AvgIpc) is 2.20. The number of hydrogen-bond donors (Lipinski definition) is 1. The van der Waals surface area contributed by atoms with Crippen LogP contribution in [0.4, 0.5) is 10.2 Å².